The molecule has 10 heteroatoms. The number of benzene rings is 2. The van der Waals surface area contributed by atoms with Gasteiger partial charge in [-0.3, -0.25) is 0 Å². The van der Waals surface area contributed by atoms with Crippen molar-refractivity contribution in [3.63, 3.8) is 0 Å². The number of aromatic nitrogens is 1. The molecule has 1 aromatic heterocycles. The van der Waals surface area contributed by atoms with Crippen LogP contribution in [0.2, 0.25) is 0 Å². The van der Waals surface area contributed by atoms with Crippen LogP contribution in [0.4, 0.5) is 33.7 Å². The molecular formula is C23H21F4N3O3. The van der Waals surface area contributed by atoms with Crippen molar-refractivity contribution < 1.29 is 31.8 Å². The predicted molar refractivity (Wildman–Crippen MR) is 115 cm³/mol. The molecule has 2 aromatic carbocycles. The summed E-state index contributed by atoms with van der Waals surface area (Å²) in [5.41, 5.74) is 0.886. The van der Waals surface area contributed by atoms with Crippen LogP contribution in [0.15, 0.2) is 60.7 Å². The number of halogens is 4. The van der Waals surface area contributed by atoms with E-state index in [2.05, 4.69) is 20.4 Å². The van der Waals surface area contributed by atoms with Crippen LogP contribution >= 0.6 is 0 Å². The van der Waals surface area contributed by atoms with Gasteiger partial charge in [0.05, 0.1) is 0 Å². The molecule has 0 atom stereocenters. The fourth-order valence-corrected chi connectivity index (χ4v) is 2.89. The summed E-state index contributed by atoms with van der Waals surface area (Å²) >= 11 is 0. The highest BCUT2D eigenvalue weighted by Gasteiger charge is 2.31. The van der Waals surface area contributed by atoms with Gasteiger partial charge in [0.15, 0.2) is 0 Å². The van der Waals surface area contributed by atoms with Gasteiger partial charge in [-0.2, -0.15) is 9.37 Å². The lowest BCUT2D eigenvalue weighted by Crippen LogP contribution is -2.20. The van der Waals surface area contributed by atoms with Crippen molar-refractivity contribution in [2.24, 2.45) is 0 Å². The molecule has 3 aromatic rings. The maximum atomic E-state index is 13.8. The number of rotatable bonds is 5. The second kappa shape index (κ2) is 9.35. The van der Waals surface area contributed by atoms with Gasteiger partial charge in [0.1, 0.15) is 17.2 Å². The Morgan fingerprint density at radius 2 is 1.58 bits per heavy atom. The highest BCUT2D eigenvalue weighted by Crippen LogP contribution is 2.35. The Morgan fingerprint density at radius 1 is 0.909 bits per heavy atom. The molecule has 0 saturated heterocycles. The number of nitrogens with one attached hydrogen (secondary N) is 2. The average molecular weight is 462 g/mol. The zero-order chi connectivity index (χ0) is 24.2. The van der Waals surface area contributed by atoms with Crippen LogP contribution < -0.4 is 20.1 Å². The van der Waals surface area contributed by atoms with Crippen molar-refractivity contribution in [1.82, 2.24) is 4.98 Å². The molecule has 0 bridgehead atoms. The number of pyridine rings is 1. The van der Waals surface area contributed by atoms with E-state index in [9.17, 15) is 22.4 Å². The topological polar surface area (TPSA) is 72.5 Å². The van der Waals surface area contributed by atoms with Crippen LogP contribution in [0.3, 0.4) is 0 Å². The Hall–Kier alpha value is -3.82. The Bertz CT molecular complexity index is 1130. The van der Waals surface area contributed by atoms with Crippen molar-refractivity contribution in [2.45, 2.75) is 32.5 Å². The number of ether oxygens (including phenoxy) is 2. The molecule has 0 saturated carbocycles. The first-order valence-electron chi connectivity index (χ1n) is 9.78. The summed E-state index contributed by atoms with van der Waals surface area (Å²) in [6, 6.07) is 13.4. The average Bonchev–Trinajstić information content (AvgIpc) is 2.70. The minimum absolute atomic E-state index is 0.0923. The first-order chi connectivity index (χ1) is 15.4. The number of hydrogen-bond donors (Lipinski definition) is 2. The maximum Gasteiger partial charge on any atom is 0.573 e. The summed E-state index contributed by atoms with van der Waals surface area (Å²) in [6.07, 6.45) is -4.82. The summed E-state index contributed by atoms with van der Waals surface area (Å²) in [7, 11) is 0. The zero-order valence-corrected chi connectivity index (χ0v) is 18.0. The Balaban J connectivity index is 1.75. The van der Waals surface area contributed by atoms with Crippen LogP contribution in [-0.4, -0.2) is 17.4 Å². The van der Waals surface area contributed by atoms with Gasteiger partial charge < -0.3 is 20.1 Å². The molecule has 1 heterocycles. The number of hydrogen-bond acceptors (Lipinski definition) is 4. The van der Waals surface area contributed by atoms with Crippen LogP contribution in [0.25, 0.3) is 0 Å². The molecule has 0 aliphatic carbocycles. The van der Waals surface area contributed by atoms with Crippen molar-refractivity contribution >= 4 is 17.4 Å². The summed E-state index contributed by atoms with van der Waals surface area (Å²) in [6.45, 7) is 5.98. The predicted octanol–water partition coefficient (Wildman–Crippen LogP) is 6.85. The van der Waals surface area contributed by atoms with Crippen LogP contribution in [-0.2, 0) is 5.41 Å². The molecule has 0 aliphatic heterocycles. The lowest BCUT2D eigenvalue weighted by atomic mass is 9.86. The maximum absolute atomic E-state index is 13.8. The highest BCUT2D eigenvalue weighted by atomic mass is 19.4. The zero-order valence-electron chi connectivity index (χ0n) is 18.0. The molecule has 174 valence electrons. The smallest absolute Gasteiger partial charge is 0.437 e. The molecule has 0 radical (unpaired) electrons. The number of para-hydroxylation sites is 1. The molecule has 3 rings (SSSR count). The van der Waals surface area contributed by atoms with Crippen molar-refractivity contribution in [3.8, 4) is 17.4 Å². The molecular weight excluding hydrogens is 441 g/mol. The van der Waals surface area contributed by atoms with Gasteiger partial charge in [-0.05, 0) is 47.9 Å². The number of nitrogens with zero attached hydrogens (tertiary/aromatic N) is 1. The fourth-order valence-electron chi connectivity index (χ4n) is 2.89. The quantitative estimate of drug-likeness (QED) is 0.321. The third-order valence-corrected chi connectivity index (χ3v) is 4.32. The van der Waals surface area contributed by atoms with E-state index < -0.39 is 24.1 Å². The molecule has 2 N–H and O–H groups in total. The van der Waals surface area contributed by atoms with E-state index in [4.69, 9.17) is 4.74 Å². The standard InChI is InChI=1S/C23H21F4N3O3/c1-22(2,3)16-6-4-5-7-18(16)32-20-17(12-13-19(24)30-20)29-21(31)28-14-8-10-15(11-9-14)33-23(25,26)27/h4-13H,1-3H3,(H2,28,29,31)/i24-1. The van der Waals surface area contributed by atoms with Crippen LogP contribution in [0, 0.1) is 5.95 Å². The van der Waals surface area contributed by atoms with Gasteiger partial charge in [-0.15, -0.1) is 13.2 Å². The summed E-state index contributed by atoms with van der Waals surface area (Å²) in [4.78, 5) is 16.1. The molecule has 33 heavy (non-hydrogen) atoms. The number of carbonyl (C=O) groups excluding carboxylic acids is 1. The van der Waals surface area contributed by atoms with Gasteiger partial charge >= 0.3 is 12.4 Å². The van der Waals surface area contributed by atoms with Crippen LogP contribution in [0.5, 0.6) is 17.4 Å². The second-order valence-corrected chi connectivity index (χ2v) is 7.99. The fraction of sp³-hybridized carbons (Fsp3) is 0.217. The van der Waals surface area contributed by atoms with Gasteiger partial charge in [-0.25, -0.2) is 4.79 Å². The third kappa shape index (κ3) is 6.83. The van der Waals surface area contributed by atoms with Crippen molar-refractivity contribution in [2.75, 3.05) is 10.6 Å². The van der Waals surface area contributed by atoms with Gasteiger partial charge in [0.25, 0.3) is 0 Å². The van der Waals surface area contributed by atoms with E-state index in [1.807, 2.05) is 32.9 Å². The molecule has 0 spiro atoms. The summed E-state index contributed by atoms with van der Waals surface area (Å²) in [5, 5.41) is 4.96. The number of urea groups is 1. The van der Waals surface area contributed by atoms with Gasteiger partial charge in [0, 0.05) is 11.3 Å². The summed E-state index contributed by atoms with van der Waals surface area (Å²) < 4.78 is 60.2. The number of alkyl halides is 3. The van der Waals surface area contributed by atoms with Crippen LogP contribution in [0.1, 0.15) is 26.3 Å². The third-order valence-electron chi connectivity index (χ3n) is 4.32. The van der Waals surface area contributed by atoms with Gasteiger partial charge in [-0.1, -0.05) is 39.0 Å². The number of anilines is 2. The first-order valence-corrected chi connectivity index (χ1v) is 9.78. The van der Waals surface area contributed by atoms with Gasteiger partial charge in [0.2, 0.25) is 11.8 Å². The molecule has 0 aliphatic rings. The van der Waals surface area contributed by atoms with Crippen molar-refractivity contribution in [1.29, 1.82) is 0 Å². The van der Waals surface area contributed by atoms with E-state index >= 15 is 0 Å². The van der Waals surface area contributed by atoms with E-state index in [0.717, 1.165) is 23.8 Å². The highest BCUT2D eigenvalue weighted by molar-refractivity contribution is 6.00. The molecule has 2 amide bonds. The Labute approximate surface area is 187 Å². The monoisotopic (exact) mass is 462 g/mol. The van der Waals surface area contributed by atoms with E-state index in [1.54, 1.807) is 12.1 Å². The largest absolute Gasteiger partial charge is 0.573 e. The second-order valence-electron chi connectivity index (χ2n) is 7.99. The normalized spacial score (nSPS) is 11.6. The van der Waals surface area contributed by atoms with E-state index in [-0.39, 0.29) is 22.7 Å². The SMILES string of the molecule is CC(C)(C)c1ccccc1Oc1nc([18F])ccc1NC(=O)Nc1ccc(OC(F)(F)F)cc1. The van der Waals surface area contributed by atoms with Crippen molar-refractivity contribution in [3.05, 3.63) is 72.2 Å². The molecule has 6 nitrogen and oxygen atoms in total. The lowest BCUT2D eigenvalue weighted by Gasteiger charge is -2.22. The minimum Gasteiger partial charge on any atom is -0.437 e. The molecule has 0 unspecified atom stereocenters. The number of amides is 2. The summed E-state index contributed by atoms with van der Waals surface area (Å²) in [5.74, 6) is -0.934. The van der Waals surface area contributed by atoms with E-state index in [0.29, 0.717) is 5.75 Å². The number of carbonyl (C=O) groups is 1. The lowest BCUT2D eigenvalue weighted by molar-refractivity contribution is -0.274. The minimum atomic E-state index is -4.82. The van der Waals surface area contributed by atoms with E-state index in [1.165, 1.54) is 18.2 Å². The molecule has 0 fully saturated rings. The Morgan fingerprint density at radius 3 is 2.21 bits per heavy atom. The first kappa shape index (κ1) is 23.8. The Kier molecular flexibility index (Phi) is 6.75.